The number of para-hydroxylation sites is 2. The fourth-order valence-corrected chi connectivity index (χ4v) is 1.89. The van der Waals surface area contributed by atoms with Gasteiger partial charge in [-0.3, -0.25) is 4.79 Å². The third-order valence-electron chi connectivity index (χ3n) is 2.96. The van der Waals surface area contributed by atoms with Gasteiger partial charge in [-0.15, -0.1) is 0 Å². The summed E-state index contributed by atoms with van der Waals surface area (Å²) in [6.07, 6.45) is 4.51. The lowest BCUT2D eigenvalue weighted by atomic mass is 10.0. The number of carboxylic acid groups (broad SMARTS) is 2. The molecule has 8 nitrogen and oxygen atoms in total. The molecule has 0 spiro atoms. The van der Waals surface area contributed by atoms with E-state index >= 15 is 0 Å². The SMILES string of the molecule is NC1C=Cc2nc3ccccc3nc2C1=O.O=C(O)/C=C\C(=O)O. The van der Waals surface area contributed by atoms with E-state index in [1.807, 2.05) is 24.3 Å². The van der Waals surface area contributed by atoms with Crippen LogP contribution in [0.1, 0.15) is 16.2 Å². The molecule has 1 heterocycles. The number of hydrogen-bond acceptors (Lipinski definition) is 6. The highest BCUT2D eigenvalue weighted by atomic mass is 16.4. The van der Waals surface area contributed by atoms with E-state index in [0.29, 0.717) is 23.5 Å². The maximum Gasteiger partial charge on any atom is 0.328 e. The van der Waals surface area contributed by atoms with Crippen LogP contribution in [0.2, 0.25) is 0 Å². The molecule has 1 aliphatic carbocycles. The monoisotopic (exact) mass is 327 g/mol. The van der Waals surface area contributed by atoms with E-state index in [2.05, 4.69) is 9.97 Å². The van der Waals surface area contributed by atoms with Gasteiger partial charge >= 0.3 is 11.9 Å². The van der Waals surface area contributed by atoms with E-state index in [1.54, 1.807) is 12.2 Å². The molecule has 122 valence electrons. The van der Waals surface area contributed by atoms with Gasteiger partial charge in [0.2, 0.25) is 5.78 Å². The third-order valence-corrected chi connectivity index (χ3v) is 2.96. The van der Waals surface area contributed by atoms with Crippen molar-refractivity contribution in [1.29, 1.82) is 0 Å². The first-order chi connectivity index (χ1) is 11.4. The van der Waals surface area contributed by atoms with Crippen LogP contribution in [-0.4, -0.2) is 43.9 Å². The molecule has 3 rings (SSSR count). The molecule has 0 radical (unpaired) electrons. The third kappa shape index (κ3) is 4.08. The zero-order valence-corrected chi connectivity index (χ0v) is 12.3. The second-order valence-corrected chi connectivity index (χ2v) is 4.71. The van der Waals surface area contributed by atoms with Gasteiger partial charge in [0.05, 0.1) is 22.8 Å². The molecule has 0 fully saturated rings. The predicted octanol–water partition coefficient (Wildman–Crippen LogP) is 0.878. The number of nitrogens with two attached hydrogens (primary N) is 1. The van der Waals surface area contributed by atoms with Crippen molar-refractivity contribution in [1.82, 2.24) is 9.97 Å². The van der Waals surface area contributed by atoms with Crippen molar-refractivity contribution in [3.63, 3.8) is 0 Å². The minimum absolute atomic E-state index is 0.171. The summed E-state index contributed by atoms with van der Waals surface area (Å²) in [4.78, 5) is 39.6. The maximum absolute atomic E-state index is 11.8. The number of carbonyl (C=O) groups excluding carboxylic acids is 1. The first-order valence-corrected chi connectivity index (χ1v) is 6.77. The number of aliphatic carboxylic acids is 2. The molecule has 1 aromatic carbocycles. The largest absolute Gasteiger partial charge is 0.478 e. The van der Waals surface area contributed by atoms with Crippen molar-refractivity contribution in [3.05, 3.63) is 53.9 Å². The number of fused-ring (bicyclic) bond motifs is 2. The van der Waals surface area contributed by atoms with Gasteiger partial charge in [-0.25, -0.2) is 19.6 Å². The van der Waals surface area contributed by atoms with Gasteiger partial charge in [0, 0.05) is 12.2 Å². The molecule has 8 heteroatoms. The topological polar surface area (TPSA) is 143 Å². The zero-order chi connectivity index (χ0) is 17.7. The number of nitrogens with zero attached hydrogens (tertiary/aromatic N) is 2. The van der Waals surface area contributed by atoms with E-state index in [0.717, 1.165) is 11.0 Å². The number of ketones is 1. The Morgan fingerprint density at radius 3 is 2.12 bits per heavy atom. The number of rotatable bonds is 2. The molecule has 4 N–H and O–H groups in total. The van der Waals surface area contributed by atoms with Gasteiger partial charge < -0.3 is 15.9 Å². The van der Waals surface area contributed by atoms with Crippen LogP contribution in [0.5, 0.6) is 0 Å². The standard InChI is InChI=1S/C12H9N3O.C4H4O4/c13-7-5-6-10-11(12(7)16)15-9-4-2-1-3-8(9)14-10;5-3(6)1-2-4(7)8/h1-7H,13H2;1-2H,(H,5,6)(H,7,8)/b;2-1-. The molecule has 2 aromatic rings. The highest BCUT2D eigenvalue weighted by molar-refractivity contribution is 6.05. The van der Waals surface area contributed by atoms with Gasteiger partial charge in [-0.2, -0.15) is 0 Å². The lowest BCUT2D eigenvalue weighted by Crippen LogP contribution is -2.32. The molecule has 1 aromatic heterocycles. The molecule has 0 aliphatic heterocycles. The van der Waals surface area contributed by atoms with E-state index in [-0.39, 0.29) is 5.78 Å². The number of carboxylic acids is 2. The summed E-state index contributed by atoms with van der Waals surface area (Å²) >= 11 is 0. The van der Waals surface area contributed by atoms with Crippen molar-refractivity contribution in [3.8, 4) is 0 Å². The molecule has 1 unspecified atom stereocenters. The maximum atomic E-state index is 11.8. The van der Waals surface area contributed by atoms with Gasteiger partial charge in [-0.05, 0) is 18.2 Å². The van der Waals surface area contributed by atoms with Crippen molar-refractivity contribution in [2.75, 3.05) is 0 Å². The molecule has 1 atom stereocenters. The van der Waals surface area contributed by atoms with Crippen LogP contribution in [0, 0.1) is 0 Å². The molecular formula is C16H13N3O5. The second kappa shape index (κ2) is 7.25. The fourth-order valence-electron chi connectivity index (χ4n) is 1.89. The van der Waals surface area contributed by atoms with E-state index in [4.69, 9.17) is 15.9 Å². The van der Waals surface area contributed by atoms with Crippen molar-refractivity contribution in [2.24, 2.45) is 5.73 Å². The first kappa shape index (κ1) is 17.0. The summed E-state index contributed by atoms with van der Waals surface area (Å²) in [5.41, 5.74) is 8.11. The number of carbonyl (C=O) groups is 3. The number of Topliss-reactive ketones (excluding diaryl/α,β-unsaturated/α-hetero) is 1. The predicted molar refractivity (Wildman–Crippen MR) is 85.3 cm³/mol. The highest BCUT2D eigenvalue weighted by Crippen LogP contribution is 2.18. The summed E-state index contributed by atoms with van der Waals surface area (Å²) in [5.74, 6) is -2.68. The molecule has 24 heavy (non-hydrogen) atoms. The van der Waals surface area contributed by atoms with Crippen LogP contribution >= 0.6 is 0 Å². The summed E-state index contributed by atoms with van der Waals surface area (Å²) in [7, 11) is 0. The summed E-state index contributed by atoms with van der Waals surface area (Å²) in [6.45, 7) is 0. The molecule has 0 amide bonds. The number of aromatic nitrogens is 2. The lowest BCUT2D eigenvalue weighted by molar-refractivity contribution is -0.134. The van der Waals surface area contributed by atoms with Gasteiger partial charge in [-0.1, -0.05) is 18.2 Å². The Bertz CT molecular complexity index is 857. The molecule has 0 saturated heterocycles. The van der Waals surface area contributed by atoms with Crippen LogP contribution in [0.3, 0.4) is 0 Å². The first-order valence-electron chi connectivity index (χ1n) is 6.77. The minimum Gasteiger partial charge on any atom is -0.478 e. The average Bonchev–Trinajstić information content (AvgIpc) is 2.56. The summed E-state index contributed by atoms with van der Waals surface area (Å²) in [5, 5.41) is 15.6. The molecule has 1 aliphatic rings. The lowest BCUT2D eigenvalue weighted by Gasteiger charge is -2.13. The Labute approximate surface area is 136 Å². The fraction of sp³-hybridized carbons (Fsp3) is 0.0625. The Kier molecular flexibility index (Phi) is 5.13. The van der Waals surface area contributed by atoms with Crippen molar-refractivity contribution >= 4 is 34.8 Å². The number of hydrogen-bond donors (Lipinski definition) is 3. The van der Waals surface area contributed by atoms with Gasteiger partial charge in [0.15, 0.2) is 0 Å². The molecule has 0 bridgehead atoms. The Morgan fingerprint density at radius 2 is 1.58 bits per heavy atom. The Morgan fingerprint density at radius 1 is 1.04 bits per heavy atom. The van der Waals surface area contributed by atoms with Gasteiger partial charge in [0.1, 0.15) is 5.69 Å². The average molecular weight is 327 g/mol. The highest BCUT2D eigenvalue weighted by Gasteiger charge is 2.23. The Balaban J connectivity index is 0.000000224. The molecular weight excluding hydrogens is 314 g/mol. The van der Waals surface area contributed by atoms with Crippen LogP contribution in [0.15, 0.2) is 42.5 Å². The quantitative estimate of drug-likeness (QED) is 0.689. The smallest absolute Gasteiger partial charge is 0.328 e. The van der Waals surface area contributed by atoms with Crippen molar-refractivity contribution < 1.29 is 24.6 Å². The summed E-state index contributed by atoms with van der Waals surface area (Å²) in [6, 6.07) is 6.87. The second-order valence-electron chi connectivity index (χ2n) is 4.71. The van der Waals surface area contributed by atoms with E-state index in [1.165, 1.54) is 0 Å². The normalized spacial score (nSPS) is 15.7. The van der Waals surface area contributed by atoms with Crippen LogP contribution < -0.4 is 5.73 Å². The van der Waals surface area contributed by atoms with Gasteiger partial charge in [0.25, 0.3) is 0 Å². The Hall–Kier alpha value is -3.39. The van der Waals surface area contributed by atoms with Crippen molar-refractivity contribution in [2.45, 2.75) is 6.04 Å². The zero-order valence-electron chi connectivity index (χ0n) is 12.3. The summed E-state index contributed by atoms with van der Waals surface area (Å²) < 4.78 is 0. The van der Waals surface area contributed by atoms with E-state index in [9.17, 15) is 14.4 Å². The minimum atomic E-state index is -1.26. The molecule has 0 saturated carbocycles. The van der Waals surface area contributed by atoms with Crippen LogP contribution in [-0.2, 0) is 9.59 Å². The van der Waals surface area contributed by atoms with Crippen LogP contribution in [0.4, 0.5) is 0 Å². The number of benzene rings is 1. The van der Waals surface area contributed by atoms with Crippen LogP contribution in [0.25, 0.3) is 17.1 Å². The van der Waals surface area contributed by atoms with E-state index < -0.39 is 18.0 Å².